The van der Waals surface area contributed by atoms with E-state index in [-0.39, 0.29) is 5.78 Å². The van der Waals surface area contributed by atoms with Crippen molar-refractivity contribution in [3.05, 3.63) is 81.8 Å². The summed E-state index contributed by atoms with van der Waals surface area (Å²) in [6, 6.07) is 19.6. The molecular weight excluding hydrogens is 312 g/mol. The lowest BCUT2D eigenvalue weighted by Gasteiger charge is -2.07. The van der Waals surface area contributed by atoms with Crippen molar-refractivity contribution in [2.24, 2.45) is 0 Å². The molecule has 0 aliphatic rings. The molecular formula is C18H13BrO. The Morgan fingerprint density at radius 3 is 2.45 bits per heavy atom. The molecule has 3 aromatic carbocycles. The molecule has 0 N–H and O–H groups in total. The molecule has 20 heavy (non-hydrogen) atoms. The van der Waals surface area contributed by atoms with E-state index in [0.29, 0.717) is 0 Å². The molecule has 98 valence electrons. The summed E-state index contributed by atoms with van der Waals surface area (Å²) in [6.07, 6.45) is 0. The van der Waals surface area contributed by atoms with E-state index in [9.17, 15) is 4.79 Å². The minimum Gasteiger partial charge on any atom is -0.289 e. The van der Waals surface area contributed by atoms with Gasteiger partial charge >= 0.3 is 0 Å². The van der Waals surface area contributed by atoms with Crippen LogP contribution in [0.5, 0.6) is 0 Å². The van der Waals surface area contributed by atoms with Gasteiger partial charge in [0.1, 0.15) is 0 Å². The Hall–Kier alpha value is -1.93. The Morgan fingerprint density at radius 1 is 0.900 bits per heavy atom. The average Bonchev–Trinajstić information content (AvgIpc) is 2.49. The monoisotopic (exact) mass is 324 g/mol. The van der Waals surface area contributed by atoms with Crippen LogP contribution in [0.25, 0.3) is 10.8 Å². The van der Waals surface area contributed by atoms with E-state index >= 15 is 0 Å². The normalized spacial score (nSPS) is 10.7. The lowest BCUT2D eigenvalue weighted by atomic mass is 9.97. The van der Waals surface area contributed by atoms with Crippen molar-refractivity contribution >= 4 is 32.5 Å². The van der Waals surface area contributed by atoms with Gasteiger partial charge in [0.2, 0.25) is 0 Å². The number of benzene rings is 3. The molecule has 0 spiro atoms. The van der Waals surface area contributed by atoms with E-state index in [4.69, 9.17) is 0 Å². The Kier molecular flexibility index (Phi) is 3.41. The van der Waals surface area contributed by atoms with Crippen molar-refractivity contribution in [1.82, 2.24) is 0 Å². The summed E-state index contributed by atoms with van der Waals surface area (Å²) < 4.78 is 0.962. The van der Waals surface area contributed by atoms with Crippen LogP contribution in [0.2, 0.25) is 0 Å². The van der Waals surface area contributed by atoms with Gasteiger partial charge in [0, 0.05) is 15.6 Å². The van der Waals surface area contributed by atoms with Gasteiger partial charge in [-0.1, -0.05) is 64.5 Å². The second-order valence-electron chi connectivity index (χ2n) is 4.80. The molecule has 0 aliphatic heterocycles. The highest BCUT2D eigenvalue weighted by Gasteiger charge is 2.13. The molecule has 0 heterocycles. The van der Waals surface area contributed by atoms with Gasteiger partial charge in [0.15, 0.2) is 5.78 Å². The highest BCUT2D eigenvalue weighted by molar-refractivity contribution is 9.10. The number of hydrogen-bond donors (Lipinski definition) is 0. The minimum absolute atomic E-state index is 0.0644. The molecule has 0 radical (unpaired) electrons. The van der Waals surface area contributed by atoms with E-state index in [1.54, 1.807) is 0 Å². The van der Waals surface area contributed by atoms with Gasteiger partial charge in [0.05, 0.1) is 0 Å². The predicted molar refractivity (Wildman–Crippen MR) is 86.3 cm³/mol. The van der Waals surface area contributed by atoms with E-state index in [1.807, 2.05) is 67.6 Å². The molecule has 0 aromatic heterocycles. The van der Waals surface area contributed by atoms with E-state index in [2.05, 4.69) is 15.9 Å². The SMILES string of the molecule is Cc1c(Br)cccc1C(=O)c1ccc2ccccc2c1. The van der Waals surface area contributed by atoms with Gasteiger partial charge in [-0.25, -0.2) is 0 Å². The second-order valence-corrected chi connectivity index (χ2v) is 5.66. The van der Waals surface area contributed by atoms with Gasteiger partial charge < -0.3 is 0 Å². The van der Waals surface area contributed by atoms with E-state index in [0.717, 1.165) is 31.9 Å². The van der Waals surface area contributed by atoms with Crippen molar-refractivity contribution in [2.45, 2.75) is 6.92 Å². The van der Waals surface area contributed by atoms with Gasteiger partial charge in [0.25, 0.3) is 0 Å². The zero-order valence-corrected chi connectivity index (χ0v) is 12.6. The predicted octanol–water partition coefficient (Wildman–Crippen LogP) is 5.14. The third-order valence-corrected chi connectivity index (χ3v) is 4.38. The number of carbonyl (C=O) groups excluding carboxylic acids is 1. The lowest BCUT2D eigenvalue weighted by Crippen LogP contribution is -2.03. The molecule has 2 heteroatoms. The Labute approximate surface area is 126 Å². The topological polar surface area (TPSA) is 17.1 Å². The standard InChI is InChI=1S/C18H13BrO/c1-12-16(7-4-8-17(12)19)18(20)15-10-9-13-5-2-3-6-14(13)11-15/h2-11H,1H3. The number of halogens is 1. The van der Waals surface area contributed by atoms with Crippen LogP contribution in [0.1, 0.15) is 21.5 Å². The molecule has 0 bridgehead atoms. The molecule has 0 aliphatic carbocycles. The highest BCUT2D eigenvalue weighted by Crippen LogP contribution is 2.23. The van der Waals surface area contributed by atoms with Crippen molar-refractivity contribution in [3.8, 4) is 0 Å². The summed E-state index contributed by atoms with van der Waals surface area (Å²) in [5.74, 6) is 0.0644. The molecule has 0 amide bonds. The van der Waals surface area contributed by atoms with Gasteiger partial charge in [-0.15, -0.1) is 0 Å². The van der Waals surface area contributed by atoms with Gasteiger partial charge in [-0.3, -0.25) is 4.79 Å². The van der Waals surface area contributed by atoms with Crippen molar-refractivity contribution < 1.29 is 4.79 Å². The van der Waals surface area contributed by atoms with Crippen LogP contribution < -0.4 is 0 Å². The van der Waals surface area contributed by atoms with Crippen molar-refractivity contribution in [2.75, 3.05) is 0 Å². The molecule has 0 unspecified atom stereocenters. The fraction of sp³-hybridized carbons (Fsp3) is 0.0556. The Bertz CT molecular complexity index is 805. The van der Waals surface area contributed by atoms with E-state index in [1.165, 1.54) is 0 Å². The Morgan fingerprint density at radius 2 is 1.65 bits per heavy atom. The molecule has 3 rings (SSSR count). The summed E-state index contributed by atoms with van der Waals surface area (Å²) in [4.78, 5) is 12.6. The van der Waals surface area contributed by atoms with Crippen LogP contribution >= 0.6 is 15.9 Å². The first kappa shape index (κ1) is 13.1. The summed E-state index contributed by atoms with van der Waals surface area (Å²) in [7, 11) is 0. The number of ketones is 1. The van der Waals surface area contributed by atoms with Crippen molar-refractivity contribution in [1.29, 1.82) is 0 Å². The summed E-state index contributed by atoms with van der Waals surface area (Å²) in [5.41, 5.74) is 2.45. The zero-order chi connectivity index (χ0) is 14.1. The third kappa shape index (κ3) is 2.27. The smallest absolute Gasteiger partial charge is 0.193 e. The molecule has 0 fully saturated rings. The molecule has 0 atom stereocenters. The van der Waals surface area contributed by atoms with Gasteiger partial charge in [-0.05, 0) is 35.4 Å². The molecule has 1 nitrogen and oxygen atoms in total. The minimum atomic E-state index is 0.0644. The van der Waals surface area contributed by atoms with Crippen LogP contribution in [0.3, 0.4) is 0 Å². The fourth-order valence-electron chi connectivity index (χ4n) is 2.34. The van der Waals surface area contributed by atoms with Crippen LogP contribution in [0, 0.1) is 6.92 Å². The molecule has 3 aromatic rings. The second kappa shape index (κ2) is 5.22. The maximum Gasteiger partial charge on any atom is 0.193 e. The number of fused-ring (bicyclic) bond motifs is 1. The maximum atomic E-state index is 12.6. The molecule has 0 saturated carbocycles. The van der Waals surface area contributed by atoms with Crippen LogP contribution in [0.4, 0.5) is 0 Å². The van der Waals surface area contributed by atoms with Gasteiger partial charge in [-0.2, -0.15) is 0 Å². The molecule has 0 saturated heterocycles. The summed E-state index contributed by atoms with van der Waals surface area (Å²) in [5, 5.41) is 2.24. The fourth-order valence-corrected chi connectivity index (χ4v) is 2.71. The highest BCUT2D eigenvalue weighted by atomic mass is 79.9. The van der Waals surface area contributed by atoms with Crippen LogP contribution in [-0.4, -0.2) is 5.78 Å². The number of carbonyl (C=O) groups is 1. The zero-order valence-electron chi connectivity index (χ0n) is 11.1. The lowest BCUT2D eigenvalue weighted by molar-refractivity contribution is 0.103. The Balaban J connectivity index is 2.10. The average molecular weight is 325 g/mol. The third-order valence-electron chi connectivity index (χ3n) is 3.52. The van der Waals surface area contributed by atoms with Crippen LogP contribution in [0.15, 0.2) is 65.1 Å². The van der Waals surface area contributed by atoms with E-state index < -0.39 is 0 Å². The summed E-state index contributed by atoms with van der Waals surface area (Å²) in [6.45, 7) is 1.96. The van der Waals surface area contributed by atoms with Crippen LogP contribution in [-0.2, 0) is 0 Å². The van der Waals surface area contributed by atoms with Crippen molar-refractivity contribution in [3.63, 3.8) is 0 Å². The first-order chi connectivity index (χ1) is 9.66. The first-order valence-electron chi connectivity index (χ1n) is 6.45. The number of hydrogen-bond acceptors (Lipinski definition) is 1. The summed E-state index contributed by atoms with van der Waals surface area (Å²) >= 11 is 3.47. The number of rotatable bonds is 2. The quantitative estimate of drug-likeness (QED) is 0.596. The largest absolute Gasteiger partial charge is 0.289 e. The first-order valence-corrected chi connectivity index (χ1v) is 7.25. The maximum absolute atomic E-state index is 12.6.